The van der Waals surface area contributed by atoms with Crippen LogP contribution in [-0.4, -0.2) is 18.2 Å². The van der Waals surface area contributed by atoms with E-state index in [0.717, 1.165) is 11.2 Å². The van der Waals surface area contributed by atoms with E-state index in [1.165, 1.54) is 0 Å². The molecule has 96 valence electrons. The van der Waals surface area contributed by atoms with Gasteiger partial charge in [-0.2, -0.15) is 0 Å². The Morgan fingerprint density at radius 2 is 2.06 bits per heavy atom. The van der Waals surface area contributed by atoms with E-state index >= 15 is 0 Å². The van der Waals surface area contributed by atoms with Crippen LogP contribution in [-0.2, 0) is 11.3 Å². The molecule has 0 saturated carbocycles. The average molecular weight is 247 g/mol. The van der Waals surface area contributed by atoms with E-state index in [4.69, 9.17) is 9.47 Å². The standard InChI is InChI=1S/C14H17NO3/c1-9(2)18-11-4-5-13-12(7-11)14(16)6-10(15-13)8-17-3/h4-7,9H,8H2,1-3H3,(H,15,16). The lowest BCUT2D eigenvalue weighted by Gasteiger charge is -2.10. The molecule has 2 rings (SSSR count). The number of methoxy groups -OCH3 is 1. The Morgan fingerprint density at radius 1 is 1.28 bits per heavy atom. The lowest BCUT2D eigenvalue weighted by atomic mass is 10.2. The molecule has 1 heterocycles. The van der Waals surface area contributed by atoms with Crippen molar-refractivity contribution < 1.29 is 9.47 Å². The Morgan fingerprint density at radius 3 is 2.72 bits per heavy atom. The molecule has 4 heteroatoms. The molecule has 0 aliphatic carbocycles. The van der Waals surface area contributed by atoms with Gasteiger partial charge in [-0.1, -0.05) is 0 Å². The van der Waals surface area contributed by atoms with Crippen LogP contribution in [0, 0.1) is 0 Å². The smallest absolute Gasteiger partial charge is 0.189 e. The van der Waals surface area contributed by atoms with Crippen LogP contribution in [0.15, 0.2) is 29.1 Å². The number of H-pyrrole nitrogens is 1. The number of benzene rings is 1. The predicted octanol–water partition coefficient (Wildman–Crippen LogP) is 2.46. The fourth-order valence-electron chi connectivity index (χ4n) is 1.86. The van der Waals surface area contributed by atoms with Crippen LogP contribution in [0.2, 0.25) is 0 Å². The number of rotatable bonds is 4. The Balaban J connectivity index is 2.48. The van der Waals surface area contributed by atoms with Gasteiger partial charge < -0.3 is 14.5 Å². The quantitative estimate of drug-likeness (QED) is 0.903. The molecule has 0 amide bonds. The van der Waals surface area contributed by atoms with Crippen molar-refractivity contribution in [3.63, 3.8) is 0 Å². The van der Waals surface area contributed by atoms with Gasteiger partial charge in [-0.25, -0.2) is 0 Å². The van der Waals surface area contributed by atoms with Gasteiger partial charge in [-0.3, -0.25) is 4.79 Å². The first-order chi connectivity index (χ1) is 8.60. The summed E-state index contributed by atoms with van der Waals surface area (Å²) in [5, 5.41) is 0.632. The fraction of sp³-hybridized carbons (Fsp3) is 0.357. The molecule has 1 aromatic heterocycles. The summed E-state index contributed by atoms with van der Waals surface area (Å²) in [5.74, 6) is 0.711. The average Bonchev–Trinajstić information content (AvgIpc) is 2.30. The topological polar surface area (TPSA) is 51.3 Å². The molecular formula is C14H17NO3. The van der Waals surface area contributed by atoms with E-state index in [-0.39, 0.29) is 11.5 Å². The van der Waals surface area contributed by atoms with E-state index in [0.29, 0.717) is 17.7 Å². The summed E-state index contributed by atoms with van der Waals surface area (Å²) >= 11 is 0. The second-order valence-corrected chi connectivity index (χ2v) is 4.47. The van der Waals surface area contributed by atoms with Crippen molar-refractivity contribution in [2.45, 2.75) is 26.6 Å². The minimum Gasteiger partial charge on any atom is -0.491 e. The number of ether oxygens (including phenoxy) is 2. The summed E-state index contributed by atoms with van der Waals surface area (Å²) in [6.07, 6.45) is 0.0919. The van der Waals surface area contributed by atoms with Gasteiger partial charge >= 0.3 is 0 Å². The molecule has 1 aromatic carbocycles. The second-order valence-electron chi connectivity index (χ2n) is 4.47. The zero-order chi connectivity index (χ0) is 13.1. The summed E-state index contributed by atoms with van der Waals surface area (Å²) in [6.45, 7) is 4.31. The molecule has 0 saturated heterocycles. The van der Waals surface area contributed by atoms with Crippen LogP contribution >= 0.6 is 0 Å². The minimum atomic E-state index is -0.0231. The zero-order valence-corrected chi connectivity index (χ0v) is 10.8. The van der Waals surface area contributed by atoms with Crippen molar-refractivity contribution in [1.29, 1.82) is 0 Å². The lowest BCUT2D eigenvalue weighted by molar-refractivity contribution is 0.181. The van der Waals surface area contributed by atoms with Crippen molar-refractivity contribution in [3.05, 3.63) is 40.2 Å². The molecule has 0 radical (unpaired) electrons. The first-order valence-electron chi connectivity index (χ1n) is 5.91. The molecule has 1 N–H and O–H groups in total. The maximum absolute atomic E-state index is 12.0. The highest BCUT2D eigenvalue weighted by Gasteiger charge is 2.05. The predicted molar refractivity (Wildman–Crippen MR) is 71.0 cm³/mol. The van der Waals surface area contributed by atoms with Crippen molar-refractivity contribution in [2.24, 2.45) is 0 Å². The van der Waals surface area contributed by atoms with Gasteiger partial charge in [0.05, 0.1) is 12.7 Å². The largest absolute Gasteiger partial charge is 0.491 e. The molecule has 0 unspecified atom stereocenters. The van der Waals surface area contributed by atoms with Crippen LogP contribution in [0.25, 0.3) is 10.9 Å². The summed E-state index contributed by atoms with van der Waals surface area (Å²) in [4.78, 5) is 15.1. The van der Waals surface area contributed by atoms with E-state index in [9.17, 15) is 4.79 Å². The molecule has 0 aliphatic rings. The Hall–Kier alpha value is -1.81. The summed E-state index contributed by atoms with van der Waals surface area (Å²) in [7, 11) is 1.60. The van der Waals surface area contributed by atoms with Gasteiger partial charge in [0, 0.05) is 29.8 Å². The Labute approximate surface area is 106 Å². The van der Waals surface area contributed by atoms with Crippen molar-refractivity contribution in [2.75, 3.05) is 7.11 Å². The van der Waals surface area contributed by atoms with Gasteiger partial charge in [-0.05, 0) is 32.0 Å². The number of hydrogen-bond donors (Lipinski definition) is 1. The maximum Gasteiger partial charge on any atom is 0.189 e. The van der Waals surface area contributed by atoms with Crippen LogP contribution in [0.1, 0.15) is 19.5 Å². The summed E-state index contributed by atoms with van der Waals surface area (Å²) in [6, 6.07) is 7.04. The third kappa shape index (κ3) is 2.71. The molecule has 0 bridgehead atoms. The molecule has 4 nitrogen and oxygen atoms in total. The molecule has 0 spiro atoms. The number of hydrogen-bond acceptors (Lipinski definition) is 3. The summed E-state index contributed by atoms with van der Waals surface area (Å²) < 4.78 is 10.6. The zero-order valence-electron chi connectivity index (χ0n) is 10.8. The minimum absolute atomic E-state index is 0.0231. The number of nitrogens with one attached hydrogen (secondary N) is 1. The Bertz CT molecular complexity index is 602. The van der Waals surface area contributed by atoms with Gasteiger partial charge in [-0.15, -0.1) is 0 Å². The monoisotopic (exact) mass is 247 g/mol. The van der Waals surface area contributed by atoms with E-state index < -0.39 is 0 Å². The van der Waals surface area contributed by atoms with Crippen molar-refractivity contribution in [3.8, 4) is 5.75 Å². The fourth-order valence-corrected chi connectivity index (χ4v) is 1.86. The molecular weight excluding hydrogens is 230 g/mol. The third-order valence-corrected chi connectivity index (χ3v) is 2.53. The lowest BCUT2D eigenvalue weighted by Crippen LogP contribution is -2.08. The molecule has 2 aromatic rings. The molecule has 0 aliphatic heterocycles. The number of fused-ring (bicyclic) bond motifs is 1. The maximum atomic E-state index is 12.0. The van der Waals surface area contributed by atoms with Crippen LogP contribution in [0.4, 0.5) is 0 Å². The molecule has 0 fully saturated rings. The van der Waals surface area contributed by atoms with Crippen LogP contribution in [0.5, 0.6) is 5.75 Å². The molecule has 18 heavy (non-hydrogen) atoms. The second kappa shape index (κ2) is 5.23. The van der Waals surface area contributed by atoms with Gasteiger partial charge in [0.25, 0.3) is 0 Å². The first-order valence-corrected chi connectivity index (χ1v) is 5.91. The van der Waals surface area contributed by atoms with Gasteiger partial charge in [0.2, 0.25) is 0 Å². The first kappa shape index (κ1) is 12.6. The van der Waals surface area contributed by atoms with Crippen LogP contribution in [0.3, 0.4) is 0 Å². The number of pyridine rings is 1. The number of aromatic nitrogens is 1. The van der Waals surface area contributed by atoms with Gasteiger partial charge in [0.1, 0.15) is 5.75 Å². The van der Waals surface area contributed by atoms with E-state index in [2.05, 4.69) is 4.98 Å². The third-order valence-electron chi connectivity index (χ3n) is 2.53. The van der Waals surface area contributed by atoms with E-state index in [1.54, 1.807) is 19.2 Å². The van der Waals surface area contributed by atoms with Crippen molar-refractivity contribution >= 4 is 10.9 Å². The van der Waals surface area contributed by atoms with E-state index in [1.807, 2.05) is 26.0 Å². The van der Waals surface area contributed by atoms with Crippen molar-refractivity contribution in [1.82, 2.24) is 4.98 Å². The van der Waals surface area contributed by atoms with Gasteiger partial charge in [0.15, 0.2) is 5.43 Å². The molecule has 0 atom stereocenters. The highest BCUT2D eigenvalue weighted by Crippen LogP contribution is 2.18. The van der Waals surface area contributed by atoms with Crippen LogP contribution < -0.4 is 10.2 Å². The normalized spacial score (nSPS) is 11.1. The highest BCUT2D eigenvalue weighted by atomic mass is 16.5. The highest BCUT2D eigenvalue weighted by molar-refractivity contribution is 5.80. The Kier molecular flexibility index (Phi) is 3.67. The summed E-state index contributed by atoms with van der Waals surface area (Å²) in [5.41, 5.74) is 1.54. The number of aromatic amines is 1. The SMILES string of the molecule is COCc1cc(=O)c2cc(OC(C)C)ccc2[nH]1.